The van der Waals surface area contributed by atoms with Gasteiger partial charge in [-0.3, -0.25) is 0 Å². The number of hydrogen-bond acceptors (Lipinski definition) is 2. The molecule has 68 valence electrons. The molecule has 0 aromatic rings. The lowest BCUT2D eigenvalue weighted by atomic mass is 10.2. The van der Waals surface area contributed by atoms with Gasteiger partial charge in [0.25, 0.3) is 0 Å². The molecule has 1 rings (SSSR count). The molecule has 0 bridgehead atoms. The van der Waals surface area contributed by atoms with Gasteiger partial charge in [-0.05, 0) is 19.8 Å². The summed E-state index contributed by atoms with van der Waals surface area (Å²) in [6.45, 7) is 8.53. The maximum atomic E-state index is 5.33. The molecule has 1 aliphatic heterocycles. The van der Waals surface area contributed by atoms with Crippen molar-refractivity contribution in [3.8, 4) is 0 Å². The summed E-state index contributed by atoms with van der Waals surface area (Å²) >= 11 is 0. The Morgan fingerprint density at radius 2 is 2.18 bits per heavy atom. The fourth-order valence-electron chi connectivity index (χ4n) is 1.03. The molecule has 0 aromatic heterocycles. The second-order valence-electron chi connectivity index (χ2n) is 2.29. The molecule has 1 fully saturated rings. The molecule has 1 heterocycles. The van der Waals surface area contributed by atoms with Crippen LogP contribution in [0.4, 0.5) is 0 Å². The van der Waals surface area contributed by atoms with Crippen LogP contribution in [0.5, 0.6) is 0 Å². The Balaban J connectivity index is 0.000000461. The van der Waals surface area contributed by atoms with E-state index >= 15 is 0 Å². The summed E-state index contributed by atoms with van der Waals surface area (Å²) in [6.07, 6.45) is 2.78. The number of rotatable bonds is 3. The summed E-state index contributed by atoms with van der Waals surface area (Å²) in [4.78, 5) is 0. The van der Waals surface area contributed by atoms with E-state index in [0.29, 0.717) is 6.10 Å². The summed E-state index contributed by atoms with van der Waals surface area (Å²) < 4.78 is 10.5. The zero-order chi connectivity index (χ0) is 8.53. The van der Waals surface area contributed by atoms with Crippen LogP contribution in [-0.2, 0) is 9.47 Å². The van der Waals surface area contributed by atoms with E-state index in [-0.39, 0.29) is 0 Å². The molecule has 0 saturated carbocycles. The summed E-state index contributed by atoms with van der Waals surface area (Å²) in [5, 5.41) is 0. The number of hydrogen-bond donors (Lipinski definition) is 0. The van der Waals surface area contributed by atoms with Crippen molar-refractivity contribution in [1.82, 2.24) is 0 Å². The highest BCUT2D eigenvalue weighted by atomic mass is 16.5. The van der Waals surface area contributed by atoms with Crippen molar-refractivity contribution in [2.24, 2.45) is 0 Å². The average molecular weight is 160 g/mol. The summed E-state index contributed by atoms with van der Waals surface area (Å²) in [7, 11) is 0. The van der Waals surface area contributed by atoms with Crippen molar-refractivity contribution in [1.29, 1.82) is 0 Å². The van der Waals surface area contributed by atoms with E-state index in [0.717, 1.165) is 19.8 Å². The Hall–Kier alpha value is -0.0800. The van der Waals surface area contributed by atoms with E-state index in [1.165, 1.54) is 12.8 Å². The van der Waals surface area contributed by atoms with Gasteiger partial charge < -0.3 is 9.47 Å². The van der Waals surface area contributed by atoms with Crippen molar-refractivity contribution in [2.45, 2.75) is 39.7 Å². The first-order chi connectivity index (χ1) is 5.43. The molecule has 1 unspecified atom stereocenters. The Bertz CT molecular complexity index is 68.0. The minimum Gasteiger partial charge on any atom is -0.379 e. The normalized spacial score (nSPS) is 22.6. The lowest BCUT2D eigenvalue weighted by Crippen LogP contribution is -2.13. The molecule has 1 aliphatic rings. The second kappa shape index (κ2) is 8.02. The first kappa shape index (κ1) is 10.9. The molecule has 0 spiro atoms. The Morgan fingerprint density at radius 1 is 1.45 bits per heavy atom. The summed E-state index contributed by atoms with van der Waals surface area (Å²) in [5.41, 5.74) is 0. The SMILES string of the molecule is CC.CCOCC1CCCO1. The van der Waals surface area contributed by atoms with Crippen molar-refractivity contribution in [3.63, 3.8) is 0 Å². The molecule has 11 heavy (non-hydrogen) atoms. The highest BCUT2D eigenvalue weighted by Gasteiger charge is 2.14. The quantitative estimate of drug-likeness (QED) is 0.630. The summed E-state index contributed by atoms with van der Waals surface area (Å²) in [6, 6.07) is 0. The maximum Gasteiger partial charge on any atom is 0.0809 e. The molecule has 0 aromatic carbocycles. The van der Waals surface area contributed by atoms with Crippen molar-refractivity contribution in [3.05, 3.63) is 0 Å². The monoisotopic (exact) mass is 160 g/mol. The van der Waals surface area contributed by atoms with Crippen LogP contribution in [-0.4, -0.2) is 25.9 Å². The second-order valence-corrected chi connectivity index (χ2v) is 2.29. The van der Waals surface area contributed by atoms with Gasteiger partial charge in [0.2, 0.25) is 0 Å². The van der Waals surface area contributed by atoms with Gasteiger partial charge in [0, 0.05) is 13.2 Å². The molecule has 0 aliphatic carbocycles. The van der Waals surface area contributed by atoms with Gasteiger partial charge in [-0.25, -0.2) is 0 Å². The zero-order valence-electron chi connectivity index (χ0n) is 7.93. The van der Waals surface area contributed by atoms with Crippen LogP contribution < -0.4 is 0 Å². The fourth-order valence-corrected chi connectivity index (χ4v) is 1.03. The minimum atomic E-state index is 0.393. The molecule has 2 heteroatoms. The van der Waals surface area contributed by atoms with Crippen LogP contribution in [0.2, 0.25) is 0 Å². The van der Waals surface area contributed by atoms with Gasteiger partial charge in [0.1, 0.15) is 0 Å². The minimum absolute atomic E-state index is 0.393. The molecule has 0 radical (unpaired) electrons. The van der Waals surface area contributed by atoms with Gasteiger partial charge >= 0.3 is 0 Å². The predicted octanol–water partition coefficient (Wildman–Crippen LogP) is 2.23. The summed E-state index contributed by atoms with van der Waals surface area (Å²) in [5.74, 6) is 0. The van der Waals surface area contributed by atoms with E-state index in [4.69, 9.17) is 9.47 Å². The smallest absolute Gasteiger partial charge is 0.0809 e. The molecule has 0 amide bonds. The van der Waals surface area contributed by atoms with E-state index in [1.54, 1.807) is 0 Å². The van der Waals surface area contributed by atoms with Crippen molar-refractivity contribution < 1.29 is 9.47 Å². The molecule has 2 nitrogen and oxygen atoms in total. The van der Waals surface area contributed by atoms with Crippen LogP contribution in [0.1, 0.15) is 33.6 Å². The first-order valence-electron chi connectivity index (χ1n) is 4.63. The molecule has 0 N–H and O–H groups in total. The topological polar surface area (TPSA) is 18.5 Å². The predicted molar refractivity (Wildman–Crippen MR) is 46.8 cm³/mol. The molecular formula is C9H20O2. The van der Waals surface area contributed by atoms with E-state index in [9.17, 15) is 0 Å². The standard InChI is InChI=1S/C7H14O2.C2H6/c1-2-8-6-7-4-3-5-9-7;1-2/h7H,2-6H2,1H3;1-2H3. The molecule has 1 atom stereocenters. The van der Waals surface area contributed by atoms with Crippen LogP contribution in [0.15, 0.2) is 0 Å². The van der Waals surface area contributed by atoms with E-state index in [1.807, 2.05) is 20.8 Å². The highest BCUT2D eigenvalue weighted by Crippen LogP contribution is 2.11. The maximum absolute atomic E-state index is 5.33. The van der Waals surface area contributed by atoms with Crippen molar-refractivity contribution in [2.75, 3.05) is 19.8 Å². The fraction of sp³-hybridized carbons (Fsp3) is 1.00. The largest absolute Gasteiger partial charge is 0.379 e. The van der Waals surface area contributed by atoms with Crippen LogP contribution >= 0.6 is 0 Å². The Morgan fingerprint density at radius 3 is 2.64 bits per heavy atom. The zero-order valence-corrected chi connectivity index (χ0v) is 7.93. The van der Waals surface area contributed by atoms with Crippen molar-refractivity contribution >= 4 is 0 Å². The van der Waals surface area contributed by atoms with Crippen LogP contribution in [0.25, 0.3) is 0 Å². The first-order valence-corrected chi connectivity index (χ1v) is 4.63. The Kier molecular flexibility index (Phi) is 7.96. The van der Waals surface area contributed by atoms with Crippen LogP contribution in [0.3, 0.4) is 0 Å². The average Bonchev–Trinajstić information content (AvgIpc) is 2.57. The van der Waals surface area contributed by atoms with E-state index in [2.05, 4.69) is 0 Å². The lowest BCUT2D eigenvalue weighted by molar-refractivity contribution is 0.0217. The highest BCUT2D eigenvalue weighted by molar-refractivity contribution is 4.62. The third-order valence-corrected chi connectivity index (χ3v) is 1.53. The molecule has 1 saturated heterocycles. The van der Waals surface area contributed by atoms with Crippen LogP contribution in [0, 0.1) is 0 Å². The van der Waals surface area contributed by atoms with E-state index < -0.39 is 0 Å². The third kappa shape index (κ3) is 5.22. The third-order valence-electron chi connectivity index (χ3n) is 1.53. The lowest BCUT2D eigenvalue weighted by Gasteiger charge is -2.07. The van der Waals surface area contributed by atoms with Gasteiger partial charge in [-0.1, -0.05) is 13.8 Å². The van der Waals surface area contributed by atoms with Gasteiger partial charge in [0.05, 0.1) is 12.7 Å². The number of ether oxygens (including phenoxy) is 2. The molecular weight excluding hydrogens is 140 g/mol. The van der Waals surface area contributed by atoms with Gasteiger partial charge in [0.15, 0.2) is 0 Å². The Labute approximate surface area is 69.9 Å². The van der Waals surface area contributed by atoms with Gasteiger partial charge in [-0.15, -0.1) is 0 Å². The van der Waals surface area contributed by atoms with Gasteiger partial charge in [-0.2, -0.15) is 0 Å².